The third kappa shape index (κ3) is 13.4. The van der Waals surface area contributed by atoms with Crippen LogP contribution in [0.5, 0.6) is 0 Å². The summed E-state index contributed by atoms with van der Waals surface area (Å²) in [5.41, 5.74) is 10.6. The Morgan fingerprint density at radius 3 is 1.50 bits per heavy atom. The van der Waals surface area contributed by atoms with Crippen molar-refractivity contribution < 1.29 is 19.2 Å². The van der Waals surface area contributed by atoms with Gasteiger partial charge in [-0.2, -0.15) is 0 Å². The Bertz CT molecular complexity index is 1700. The van der Waals surface area contributed by atoms with Crippen LogP contribution in [0.2, 0.25) is 0 Å². The molecule has 11 nitrogen and oxygen atoms in total. The van der Waals surface area contributed by atoms with Crippen LogP contribution in [0.25, 0.3) is 0 Å². The summed E-state index contributed by atoms with van der Waals surface area (Å²) in [7, 11) is 10.4. The first-order valence-corrected chi connectivity index (χ1v) is 21.6. The van der Waals surface area contributed by atoms with E-state index in [-0.39, 0.29) is 45.7 Å². The highest BCUT2D eigenvalue weighted by atomic mass is 33.1. The number of anilines is 1. The molecule has 0 saturated heterocycles. The number of pyridine rings is 2. The maximum Gasteiger partial charge on any atom is 0.267 e. The second kappa shape index (κ2) is 19.4. The Kier molecular flexibility index (Phi) is 16.0. The molecule has 4 N–H and O–H groups in total. The molecule has 0 aliphatic heterocycles. The summed E-state index contributed by atoms with van der Waals surface area (Å²) in [6.45, 7) is 11.4. The summed E-state index contributed by atoms with van der Waals surface area (Å²) in [6.07, 6.45) is 11.2. The second-order valence-electron chi connectivity index (χ2n) is 13.5. The molecule has 4 aromatic rings. The molecular formula is C37H49N7O4S4. The van der Waals surface area contributed by atoms with Gasteiger partial charge >= 0.3 is 0 Å². The molecule has 0 unspecified atom stereocenters. The number of Topliss-reactive ketones (excluding diaryl/α,β-unsaturated/α-hetero) is 2. The topological polar surface area (TPSA) is 154 Å². The summed E-state index contributed by atoms with van der Waals surface area (Å²) in [5.74, 6) is -0.443. The van der Waals surface area contributed by atoms with E-state index < -0.39 is 0 Å². The average Bonchev–Trinajstić information content (AvgIpc) is 3.64. The van der Waals surface area contributed by atoms with Crippen LogP contribution in [0, 0.1) is 6.92 Å². The molecule has 280 valence electrons. The molecule has 0 aromatic carbocycles. The summed E-state index contributed by atoms with van der Waals surface area (Å²) < 4.78 is 3.40. The van der Waals surface area contributed by atoms with Gasteiger partial charge in [-0.1, -0.05) is 49.2 Å². The smallest absolute Gasteiger partial charge is 0.267 e. The molecule has 0 aliphatic rings. The molecule has 0 aliphatic carbocycles. The largest absolute Gasteiger partial charge is 0.397 e. The first-order chi connectivity index (χ1) is 24.4. The van der Waals surface area contributed by atoms with Crippen LogP contribution in [0.1, 0.15) is 86.3 Å². The van der Waals surface area contributed by atoms with Crippen LogP contribution in [-0.2, 0) is 26.9 Å². The first-order valence-electron chi connectivity index (χ1n) is 16.4. The number of hydrogen-bond donors (Lipinski definition) is 3. The van der Waals surface area contributed by atoms with Gasteiger partial charge in [0.15, 0.2) is 11.6 Å². The van der Waals surface area contributed by atoms with Gasteiger partial charge in [-0.15, -0.1) is 0 Å². The molecule has 4 aromatic heterocycles. The zero-order valence-electron chi connectivity index (χ0n) is 31.2. The predicted octanol–water partition coefficient (Wildman–Crippen LogP) is 6.62. The fraction of sp³-hybridized carbons (Fsp3) is 0.405. The van der Waals surface area contributed by atoms with Crippen molar-refractivity contribution in [3.63, 3.8) is 0 Å². The van der Waals surface area contributed by atoms with Crippen molar-refractivity contribution in [2.75, 3.05) is 31.3 Å². The highest BCUT2D eigenvalue weighted by molar-refractivity contribution is 8.77. The molecule has 15 heteroatoms. The molecule has 0 saturated carbocycles. The van der Waals surface area contributed by atoms with Crippen molar-refractivity contribution in [3.8, 4) is 0 Å². The van der Waals surface area contributed by atoms with E-state index in [4.69, 9.17) is 5.73 Å². The highest BCUT2D eigenvalue weighted by Gasteiger charge is 2.23. The van der Waals surface area contributed by atoms with E-state index in [0.29, 0.717) is 41.6 Å². The standard InChI is InChI=1S/C19H25N3O2S2.C18H24N4O2S2/c1-13-6-7-15(20-10-13)17(23)9-14-8-16(22(4)11-14)18(24)21-12-19(2,3)26-25-5;1-18(2,26-25-4)11-21-17(24)15-7-12(10-22(15)3)8-16(23)14-6-5-13(19)9-20-14/h6-8,10-11H,9,12H2,1-5H3,(H,21,24);5-7,9-10H,8,11,19H2,1-4H3,(H,21,24). The Labute approximate surface area is 322 Å². The zero-order valence-corrected chi connectivity index (χ0v) is 34.5. The van der Waals surface area contributed by atoms with Crippen molar-refractivity contribution in [2.45, 2.75) is 57.0 Å². The van der Waals surface area contributed by atoms with Gasteiger partial charge in [0.1, 0.15) is 22.8 Å². The SMILES string of the molecule is CSSC(C)(C)CNC(=O)c1cc(CC(=O)c2ccc(C)cn2)cn1C.CSSC(C)(C)CNC(=O)c1cc(CC(=O)c2ccc(N)cn2)cn1C. The normalized spacial score (nSPS) is 11.4. The van der Waals surface area contributed by atoms with Gasteiger partial charge in [-0.05, 0) is 94.2 Å². The van der Waals surface area contributed by atoms with Gasteiger partial charge in [0, 0.05) is 68.1 Å². The van der Waals surface area contributed by atoms with Crippen molar-refractivity contribution in [1.29, 1.82) is 0 Å². The van der Waals surface area contributed by atoms with Crippen LogP contribution < -0.4 is 16.4 Å². The number of aromatic nitrogens is 4. The lowest BCUT2D eigenvalue weighted by Gasteiger charge is -2.22. The molecule has 0 bridgehead atoms. The lowest BCUT2D eigenvalue weighted by Crippen LogP contribution is -2.36. The lowest BCUT2D eigenvalue weighted by atomic mass is 10.1. The number of aryl methyl sites for hydroxylation is 3. The number of nitrogens with zero attached hydrogens (tertiary/aromatic N) is 4. The number of nitrogens with one attached hydrogen (secondary N) is 2. The summed E-state index contributed by atoms with van der Waals surface area (Å²) in [4.78, 5) is 57.9. The maximum absolute atomic E-state index is 12.5. The number of carbonyl (C=O) groups is 4. The van der Waals surface area contributed by atoms with E-state index >= 15 is 0 Å². The monoisotopic (exact) mass is 783 g/mol. The number of nitrogen functional groups attached to an aromatic ring is 1. The maximum atomic E-state index is 12.5. The Morgan fingerprint density at radius 2 is 1.13 bits per heavy atom. The van der Waals surface area contributed by atoms with Gasteiger partial charge in [0.05, 0.1) is 11.9 Å². The molecule has 4 heterocycles. The number of nitrogens with two attached hydrogens (primary N) is 1. The molecule has 0 fully saturated rings. The molecule has 0 radical (unpaired) electrons. The van der Waals surface area contributed by atoms with Crippen molar-refractivity contribution in [1.82, 2.24) is 29.7 Å². The molecule has 52 heavy (non-hydrogen) atoms. The van der Waals surface area contributed by atoms with Gasteiger partial charge < -0.3 is 25.5 Å². The summed E-state index contributed by atoms with van der Waals surface area (Å²) in [6, 6.07) is 10.4. The van der Waals surface area contributed by atoms with Gasteiger partial charge in [0.2, 0.25) is 0 Å². The lowest BCUT2D eigenvalue weighted by molar-refractivity contribution is 0.0934. The van der Waals surface area contributed by atoms with E-state index in [0.717, 1.165) is 16.7 Å². The molecule has 2 amide bonds. The third-order valence-electron chi connectivity index (χ3n) is 7.55. The molecule has 0 atom stereocenters. The summed E-state index contributed by atoms with van der Waals surface area (Å²) in [5, 5.41) is 5.94. The Balaban J connectivity index is 0.000000280. The molecular weight excluding hydrogens is 735 g/mol. The molecule has 4 rings (SSSR count). The van der Waals surface area contributed by atoms with E-state index in [9.17, 15) is 19.2 Å². The van der Waals surface area contributed by atoms with Crippen molar-refractivity contribution in [3.05, 3.63) is 101 Å². The van der Waals surface area contributed by atoms with E-state index in [1.807, 2.05) is 38.7 Å². The molecule has 0 spiro atoms. The van der Waals surface area contributed by atoms with E-state index in [1.54, 1.807) is 102 Å². The van der Waals surface area contributed by atoms with E-state index in [1.165, 1.54) is 6.20 Å². The van der Waals surface area contributed by atoms with Crippen LogP contribution in [-0.4, -0.2) is 77.6 Å². The van der Waals surface area contributed by atoms with E-state index in [2.05, 4.69) is 48.3 Å². The zero-order chi connectivity index (χ0) is 38.6. The van der Waals surface area contributed by atoms with Crippen molar-refractivity contribution in [2.24, 2.45) is 14.1 Å². The van der Waals surface area contributed by atoms with Gasteiger partial charge in [0.25, 0.3) is 11.8 Å². The van der Waals surface area contributed by atoms with Crippen molar-refractivity contribution >= 4 is 72.2 Å². The van der Waals surface area contributed by atoms with Gasteiger partial charge in [-0.3, -0.25) is 29.1 Å². The first kappa shape index (κ1) is 42.8. The number of amides is 2. The number of ketones is 2. The predicted molar refractivity (Wildman–Crippen MR) is 220 cm³/mol. The minimum atomic E-state index is -0.147. The minimum Gasteiger partial charge on any atom is -0.397 e. The third-order valence-corrected chi connectivity index (χ3v) is 12.8. The second-order valence-corrected chi connectivity index (χ2v) is 19.7. The Morgan fingerprint density at radius 1 is 0.712 bits per heavy atom. The number of hydrogen-bond acceptors (Lipinski definition) is 11. The van der Waals surface area contributed by atoms with Crippen LogP contribution >= 0.6 is 43.2 Å². The highest BCUT2D eigenvalue weighted by Crippen LogP contribution is 2.33. The number of rotatable bonds is 16. The number of carbonyl (C=O) groups excluding carboxylic acids is 4. The Hall–Kier alpha value is -3.66. The fourth-order valence-corrected chi connectivity index (χ4v) is 9.17. The fourth-order valence-electron chi connectivity index (χ4n) is 4.94. The average molecular weight is 784 g/mol. The minimum absolute atomic E-state index is 0.0455. The van der Waals surface area contributed by atoms with Crippen LogP contribution in [0.3, 0.4) is 0 Å². The van der Waals surface area contributed by atoms with Gasteiger partial charge in [-0.25, -0.2) is 0 Å². The summed E-state index contributed by atoms with van der Waals surface area (Å²) >= 11 is 0. The van der Waals surface area contributed by atoms with Crippen LogP contribution in [0.15, 0.2) is 61.2 Å². The quantitative estimate of drug-likeness (QED) is 0.0830. The van der Waals surface area contributed by atoms with Crippen LogP contribution in [0.4, 0.5) is 5.69 Å².